The summed E-state index contributed by atoms with van der Waals surface area (Å²) in [7, 11) is -3.01. The third-order valence-electron chi connectivity index (χ3n) is 3.96. The number of furan rings is 1. The molecule has 2 rings (SSSR count). The Labute approximate surface area is 126 Å². The van der Waals surface area contributed by atoms with Crippen LogP contribution >= 0.6 is 0 Å². The van der Waals surface area contributed by atoms with E-state index in [1.165, 1.54) is 6.26 Å². The van der Waals surface area contributed by atoms with Crippen molar-refractivity contribution in [2.45, 2.75) is 38.6 Å². The minimum absolute atomic E-state index is 0.0190. The van der Waals surface area contributed by atoms with Gasteiger partial charge in [0.05, 0.1) is 18.1 Å². The highest BCUT2D eigenvalue weighted by molar-refractivity contribution is 7.90. The van der Waals surface area contributed by atoms with Crippen LogP contribution < -0.4 is 0 Å². The van der Waals surface area contributed by atoms with Crippen molar-refractivity contribution in [1.29, 1.82) is 0 Å². The van der Waals surface area contributed by atoms with Crippen molar-refractivity contribution in [3.8, 4) is 0 Å². The molecule has 0 aliphatic carbocycles. The molecule has 0 N–H and O–H groups in total. The highest BCUT2D eigenvalue weighted by atomic mass is 32.2. The molecule has 0 saturated carbocycles. The topological polar surface area (TPSA) is 67.6 Å². The predicted octanol–water partition coefficient (Wildman–Crippen LogP) is 2.40. The summed E-state index contributed by atoms with van der Waals surface area (Å²) >= 11 is 0. The number of amides is 1. The second-order valence-corrected chi connectivity index (χ2v) is 8.24. The van der Waals surface area contributed by atoms with Crippen molar-refractivity contribution in [3.63, 3.8) is 0 Å². The second-order valence-electron chi connectivity index (χ2n) is 5.98. The van der Waals surface area contributed by atoms with Crippen LogP contribution in [0.5, 0.6) is 0 Å². The van der Waals surface area contributed by atoms with E-state index in [1.54, 1.807) is 6.26 Å². The van der Waals surface area contributed by atoms with Crippen LogP contribution in [0.25, 0.3) is 0 Å². The van der Waals surface area contributed by atoms with Gasteiger partial charge in [-0.25, -0.2) is 8.42 Å². The van der Waals surface area contributed by atoms with E-state index in [0.29, 0.717) is 18.9 Å². The van der Waals surface area contributed by atoms with Gasteiger partial charge in [-0.1, -0.05) is 6.92 Å². The molecule has 0 spiro atoms. The van der Waals surface area contributed by atoms with E-state index in [1.807, 2.05) is 17.0 Å². The molecule has 2 heterocycles. The minimum atomic E-state index is -3.01. The van der Waals surface area contributed by atoms with Crippen LogP contribution in [0.1, 0.15) is 44.4 Å². The Bertz CT molecular complexity index is 565. The Morgan fingerprint density at radius 2 is 2.24 bits per heavy atom. The molecule has 6 heteroatoms. The maximum Gasteiger partial charge on any atom is 0.223 e. The molecule has 1 aliphatic rings. The summed E-state index contributed by atoms with van der Waals surface area (Å²) < 4.78 is 27.8. The van der Waals surface area contributed by atoms with E-state index in [2.05, 4.69) is 6.92 Å². The predicted molar refractivity (Wildman–Crippen MR) is 80.5 cm³/mol. The van der Waals surface area contributed by atoms with E-state index in [0.717, 1.165) is 18.6 Å². The minimum Gasteiger partial charge on any atom is -0.467 e. The first-order valence-electron chi connectivity index (χ1n) is 7.37. The number of hydrogen-bond donors (Lipinski definition) is 0. The smallest absolute Gasteiger partial charge is 0.223 e. The van der Waals surface area contributed by atoms with Gasteiger partial charge in [-0.3, -0.25) is 4.79 Å². The van der Waals surface area contributed by atoms with Crippen molar-refractivity contribution in [3.05, 3.63) is 24.2 Å². The third kappa shape index (κ3) is 4.59. The summed E-state index contributed by atoms with van der Waals surface area (Å²) in [5.41, 5.74) is 0. The van der Waals surface area contributed by atoms with Gasteiger partial charge in [-0.15, -0.1) is 0 Å². The number of carbonyl (C=O) groups excluding carboxylic acids is 1. The average Bonchev–Trinajstić information content (AvgIpc) is 2.90. The summed E-state index contributed by atoms with van der Waals surface area (Å²) in [6.07, 6.45) is 5.36. The van der Waals surface area contributed by atoms with E-state index in [4.69, 9.17) is 4.42 Å². The summed E-state index contributed by atoms with van der Waals surface area (Å²) in [6, 6.07) is 3.72. The van der Waals surface area contributed by atoms with Crippen molar-refractivity contribution >= 4 is 15.7 Å². The molecule has 1 saturated heterocycles. The fourth-order valence-corrected chi connectivity index (χ4v) is 3.49. The molecule has 1 amide bonds. The molecule has 5 nitrogen and oxygen atoms in total. The molecule has 118 valence electrons. The first-order chi connectivity index (χ1) is 9.87. The SMILES string of the molecule is CC1CCN(C(=O)CCCS(C)(=O)=O)C(c2ccco2)C1. The molecule has 0 bridgehead atoms. The molecule has 1 aromatic heterocycles. The van der Waals surface area contributed by atoms with Crippen LogP contribution in [-0.2, 0) is 14.6 Å². The molecule has 1 aliphatic heterocycles. The number of rotatable bonds is 5. The maximum atomic E-state index is 12.4. The average molecular weight is 313 g/mol. The third-order valence-corrected chi connectivity index (χ3v) is 4.99. The number of sulfone groups is 1. The molecule has 2 unspecified atom stereocenters. The molecule has 0 radical (unpaired) electrons. The normalized spacial score (nSPS) is 23.2. The quantitative estimate of drug-likeness (QED) is 0.837. The van der Waals surface area contributed by atoms with E-state index >= 15 is 0 Å². The Kier molecular flexibility index (Phi) is 5.08. The van der Waals surface area contributed by atoms with Crippen LogP contribution in [0.3, 0.4) is 0 Å². The first kappa shape index (κ1) is 16.1. The zero-order chi connectivity index (χ0) is 15.5. The van der Waals surface area contributed by atoms with Gasteiger partial charge in [0.2, 0.25) is 5.91 Å². The van der Waals surface area contributed by atoms with Crippen LogP contribution in [0.2, 0.25) is 0 Å². The fourth-order valence-electron chi connectivity index (χ4n) is 2.82. The lowest BCUT2D eigenvalue weighted by Crippen LogP contribution is -2.40. The van der Waals surface area contributed by atoms with Crippen molar-refractivity contribution < 1.29 is 17.6 Å². The van der Waals surface area contributed by atoms with Crippen LogP contribution in [0.15, 0.2) is 22.8 Å². The number of nitrogens with zero attached hydrogens (tertiary/aromatic N) is 1. The molecule has 2 atom stereocenters. The number of hydrogen-bond acceptors (Lipinski definition) is 4. The van der Waals surface area contributed by atoms with Crippen molar-refractivity contribution in [2.75, 3.05) is 18.6 Å². The largest absolute Gasteiger partial charge is 0.467 e. The Hall–Kier alpha value is -1.30. The first-order valence-corrected chi connectivity index (χ1v) is 9.43. The molecule has 0 aromatic carbocycles. The maximum absolute atomic E-state index is 12.4. The van der Waals surface area contributed by atoms with Gasteiger partial charge in [-0.05, 0) is 37.3 Å². The van der Waals surface area contributed by atoms with Crippen LogP contribution in [0, 0.1) is 5.92 Å². The Morgan fingerprint density at radius 1 is 1.48 bits per heavy atom. The fraction of sp³-hybridized carbons (Fsp3) is 0.667. The van der Waals surface area contributed by atoms with Crippen molar-refractivity contribution in [2.24, 2.45) is 5.92 Å². The highest BCUT2D eigenvalue weighted by Crippen LogP contribution is 2.34. The highest BCUT2D eigenvalue weighted by Gasteiger charge is 2.32. The van der Waals surface area contributed by atoms with E-state index in [-0.39, 0.29) is 24.1 Å². The van der Waals surface area contributed by atoms with Gasteiger partial charge in [-0.2, -0.15) is 0 Å². The summed E-state index contributed by atoms with van der Waals surface area (Å²) in [5.74, 6) is 1.46. The van der Waals surface area contributed by atoms with Gasteiger partial charge in [0, 0.05) is 19.2 Å². The standard InChI is InChI=1S/C15H23NO4S/c1-12-7-8-16(13(11-12)14-5-3-9-20-14)15(17)6-4-10-21(2,18)19/h3,5,9,12-13H,4,6-8,10-11H2,1-2H3. The zero-order valence-corrected chi connectivity index (χ0v) is 13.4. The molecular formula is C15H23NO4S. The monoisotopic (exact) mass is 313 g/mol. The van der Waals surface area contributed by atoms with Gasteiger partial charge < -0.3 is 9.32 Å². The lowest BCUT2D eigenvalue weighted by molar-refractivity contribution is -0.136. The Balaban J connectivity index is 2.00. The molecule has 21 heavy (non-hydrogen) atoms. The van der Waals surface area contributed by atoms with Gasteiger partial charge in [0.1, 0.15) is 15.6 Å². The zero-order valence-electron chi connectivity index (χ0n) is 12.6. The lowest BCUT2D eigenvalue weighted by Gasteiger charge is -2.37. The lowest BCUT2D eigenvalue weighted by atomic mass is 9.91. The van der Waals surface area contributed by atoms with Gasteiger partial charge >= 0.3 is 0 Å². The number of piperidine rings is 1. The summed E-state index contributed by atoms with van der Waals surface area (Å²) in [5, 5.41) is 0. The Morgan fingerprint density at radius 3 is 2.86 bits per heavy atom. The van der Waals surface area contributed by atoms with Gasteiger partial charge in [0.25, 0.3) is 0 Å². The molecular weight excluding hydrogens is 290 g/mol. The summed E-state index contributed by atoms with van der Waals surface area (Å²) in [6.45, 7) is 2.89. The van der Waals surface area contributed by atoms with Crippen LogP contribution in [-0.4, -0.2) is 37.8 Å². The van der Waals surface area contributed by atoms with E-state index < -0.39 is 9.84 Å². The molecule has 1 aromatic rings. The van der Waals surface area contributed by atoms with E-state index in [9.17, 15) is 13.2 Å². The number of likely N-dealkylation sites (tertiary alicyclic amines) is 1. The number of carbonyl (C=O) groups is 1. The molecule has 1 fully saturated rings. The summed E-state index contributed by atoms with van der Waals surface area (Å²) in [4.78, 5) is 14.2. The van der Waals surface area contributed by atoms with Crippen molar-refractivity contribution in [1.82, 2.24) is 4.90 Å². The second kappa shape index (κ2) is 6.64. The van der Waals surface area contributed by atoms with Crippen LogP contribution in [0.4, 0.5) is 0 Å². The van der Waals surface area contributed by atoms with Gasteiger partial charge in [0.15, 0.2) is 0 Å².